The SMILES string of the molecule is CCOC(=O)[C@H](CCSC)NC(=O)[C@@H](CS)Cc1ccccc1C. The van der Waals surface area contributed by atoms with Gasteiger partial charge < -0.3 is 10.1 Å². The topological polar surface area (TPSA) is 55.4 Å². The highest BCUT2D eigenvalue weighted by Crippen LogP contribution is 2.15. The second-order valence-electron chi connectivity index (χ2n) is 5.60. The predicted molar refractivity (Wildman–Crippen MR) is 104 cm³/mol. The van der Waals surface area contributed by atoms with Crippen LogP contribution in [-0.4, -0.2) is 42.3 Å². The summed E-state index contributed by atoms with van der Waals surface area (Å²) in [7, 11) is 0. The van der Waals surface area contributed by atoms with Gasteiger partial charge in [0.25, 0.3) is 0 Å². The average molecular weight is 370 g/mol. The first kappa shape index (κ1) is 20.9. The Bertz CT molecular complexity index is 537. The van der Waals surface area contributed by atoms with Gasteiger partial charge in [0.2, 0.25) is 5.91 Å². The van der Waals surface area contributed by atoms with Gasteiger partial charge in [0, 0.05) is 5.75 Å². The summed E-state index contributed by atoms with van der Waals surface area (Å²) in [6, 6.07) is 7.41. The molecule has 0 unspecified atom stereocenters. The van der Waals surface area contributed by atoms with Gasteiger partial charge in [-0.25, -0.2) is 4.79 Å². The number of ether oxygens (including phenoxy) is 1. The zero-order chi connectivity index (χ0) is 17.9. The van der Waals surface area contributed by atoms with E-state index in [4.69, 9.17) is 4.74 Å². The van der Waals surface area contributed by atoms with E-state index in [1.54, 1.807) is 18.7 Å². The van der Waals surface area contributed by atoms with Gasteiger partial charge in [0.05, 0.1) is 12.5 Å². The quantitative estimate of drug-likeness (QED) is 0.492. The van der Waals surface area contributed by atoms with Crippen molar-refractivity contribution in [3.05, 3.63) is 35.4 Å². The van der Waals surface area contributed by atoms with E-state index in [0.717, 1.165) is 16.9 Å². The Balaban J connectivity index is 2.75. The Morgan fingerprint density at radius 2 is 2.04 bits per heavy atom. The summed E-state index contributed by atoms with van der Waals surface area (Å²) >= 11 is 5.96. The monoisotopic (exact) mass is 369 g/mol. The normalized spacial score (nSPS) is 13.2. The molecule has 2 atom stereocenters. The molecule has 0 radical (unpaired) electrons. The van der Waals surface area contributed by atoms with Crippen molar-refractivity contribution in [3.63, 3.8) is 0 Å². The van der Waals surface area contributed by atoms with Crippen LogP contribution in [0.25, 0.3) is 0 Å². The number of esters is 1. The minimum absolute atomic E-state index is 0.146. The van der Waals surface area contributed by atoms with Crippen molar-refractivity contribution >= 4 is 36.3 Å². The third kappa shape index (κ3) is 6.77. The molecule has 1 N–H and O–H groups in total. The second kappa shape index (κ2) is 11.4. The zero-order valence-electron chi connectivity index (χ0n) is 14.6. The lowest BCUT2D eigenvalue weighted by Gasteiger charge is -2.21. The number of rotatable bonds is 10. The lowest BCUT2D eigenvalue weighted by atomic mass is 9.96. The van der Waals surface area contributed by atoms with Gasteiger partial charge in [-0.3, -0.25) is 4.79 Å². The number of hydrogen-bond acceptors (Lipinski definition) is 5. The number of nitrogens with one attached hydrogen (secondary N) is 1. The summed E-state index contributed by atoms with van der Waals surface area (Å²) in [6.07, 6.45) is 3.15. The Morgan fingerprint density at radius 1 is 1.33 bits per heavy atom. The van der Waals surface area contributed by atoms with E-state index in [-0.39, 0.29) is 17.8 Å². The Labute approximate surface area is 154 Å². The summed E-state index contributed by atoms with van der Waals surface area (Å²) in [6.45, 7) is 4.10. The molecule has 1 rings (SSSR count). The molecular weight excluding hydrogens is 342 g/mol. The number of amides is 1. The number of aryl methyl sites for hydroxylation is 1. The van der Waals surface area contributed by atoms with Gasteiger partial charge in [-0.15, -0.1) is 0 Å². The van der Waals surface area contributed by atoms with Crippen molar-refractivity contribution in [1.29, 1.82) is 0 Å². The fraction of sp³-hybridized carbons (Fsp3) is 0.556. The van der Waals surface area contributed by atoms with Crippen LogP contribution in [0.3, 0.4) is 0 Å². The standard InChI is InChI=1S/C18H27NO3S2/c1-4-22-18(21)16(9-10-24-3)19-17(20)15(12-23)11-14-8-6-5-7-13(14)2/h5-8,15-16,23H,4,9-12H2,1-3H3,(H,19,20)/t15-,16+/m1/s1. The van der Waals surface area contributed by atoms with Crippen LogP contribution in [0.2, 0.25) is 0 Å². The highest BCUT2D eigenvalue weighted by Gasteiger charge is 2.26. The molecule has 0 aliphatic rings. The van der Waals surface area contributed by atoms with Crippen LogP contribution in [-0.2, 0) is 20.7 Å². The largest absolute Gasteiger partial charge is 0.464 e. The molecule has 0 bridgehead atoms. The Hall–Kier alpha value is -1.14. The molecule has 0 aliphatic carbocycles. The summed E-state index contributed by atoms with van der Waals surface area (Å²) < 4.78 is 5.07. The van der Waals surface area contributed by atoms with Crippen LogP contribution < -0.4 is 5.32 Å². The van der Waals surface area contributed by atoms with Crippen molar-refractivity contribution in [2.75, 3.05) is 24.4 Å². The molecule has 1 amide bonds. The van der Waals surface area contributed by atoms with E-state index in [2.05, 4.69) is 17.9 Å². The van der Waals surface area contributed by atoms with E-state index in [1.165, 1.54) is 0 Å². The molecule has 134 valence electrons. The number of carbonyl (C=O) groups is 2. The predicted octanol–water partition coefficient (Wildman–Crippen LogP) is 2.88. The fourth-order valence-corrected chi connectivity index (χ4v) is 3.13. The van der Waals surface area contributed by atoms with E-state index >= 15 is 0 Å². The van der Waals surface area contributed by atoms with Gasteiger partial charge in [-0.1, -0.05) is 24.3 Å². The van der Waals surface area contributed by atoms with Crippen LogP contribution in [0.1, 0.15) is 24.5 Å². The van der Waals surface area contributed by atoms with E-state index in [9.17, 15) is 9.59 Å². The molecule has 1 aromatic carbocycles. The van der Waals surface area contributed by atoms with Gasteiger partial charge in [0.15, 0.2) is 0 Å². The molecular formula is C18H27NO3S2. The van der Waals surface area contributed by atoms with Gasteiger partial charge in [-0.2, -0.15) is 24.4 Å². The minimum Gasteiger partial charge on any atom is -0.464 e. The van der Waals surface area contributed by atoms with Crippen molar-refractivity contribution < 1.29 is 14.3 Å². The highest BCUT2D eigenvalue weighted by atomic mass is 32.2. The van der Waals surface area contributed by atoms with Crippen molar-refractivity contribution in [3.8, 4) is 0 Å². The van der Waals surface area contributed by atoms with Crippen LogP contribution in [0, 0.1) is 12.8 Å². The maximum atomic E-state index is 12.6. The average Bonchev–Trinajstić information content (AvgIpc) is 2.57. The number of thiol groups is 1. The molecule has 24 heavy (non-hydrogen) atoms. The maximum absolute atomic E-state index is 12.6. The molecule has 6 heteroatoms. The first-order chi connectivity index (χ1) is 11.5. The summed E-state index contributed by atoms with van der Waals surface area (Å²) in [4.78, 5) is 24.6. The minimum atomic E-state index is -0.593. The third-order valence-electron chi connectivity index (χ3n) is 3.82. The first-order valence-corrected chi connectivity index (χ1v) is 10.2. The molecule has 0 spiro atoms. The molecule has 0 aliphatic heterocycles. The van der Waals surface area contributed by atoms with Crippen LogP contribution >= 0.6 is 24.4 Å². The van der Waals surface area contributed by atoms with E-state index in [1.807, 2.05) is 37.4 Å². The van der Waals surface area contributed by atoms with Gasteiger partial charge in [0.1, 0.15) is 6.04 Å². The third-order valence-corrected chi connectivity index (χ3v) is 4.90. The van der Waals surface area contributed by atoms with Gasteiger partial charge >= 0.3 is 5.97 Å². The fourth-order valence-electron chi connectivity index (χ4n) is 2.36. The van der Waals surface area contributed by atoms with Gasteiger partial charge in [-0.05, 0) is 49.8 Å². The van der Waals surface area contributed by atoms with Crippen LogP contribution in [0.5, 0.6) is 0 Å². The Kier molecular flexibility index (Phi) is 9.95. The maximum Gasteiger partial charge on any atom is 0.328 e. The molecule has 0 saturated carbocycles. The van der Waals surface area contributed by atoms with Crippen molar-refractivity contribution in [1.82, 2.24) is 5.32 Å². The second-order valence-corrected chi connectivity index (χ2v) is 6.96. The Morgan fingerprint density at radius 3 is 2.62 bits per heavy atom. The number of benzene rings is 1. The summed E-state index contributed by atoms with van der Waals surface area (Å²) in [5, 5.41) is 2.85. The van der Waals surface area contributed by atoms with Crippen molar-refractivity contribution in [2.45, 2.75) is 32.7 Å². The van der Waals surface area contributed by atoms with E-state index < -0.39 is 6.04 Å². The highest BCUT2D eigenvalue weighted by molar-refractivity contribution is 7.98. The molecule has 0 saturated heterocycles. The molecule has 0 heterocycles. The molecule has 4 nitrogen and oxygen atoms in total. The summed E-state index contributed by atoms with van der Waals surface area (Å²) in [5.41, 5.74) is 2.28. The van der Waals surface area contributed by atoms with Crippen LogP contribution in [0.15, 0.2) is 24.3 Å². The molecule has 1 aromatic rings. The van der Waals surface area contributed by atoms with Crippen molar-refractivity contribution in [2.24, 2.45) is 5.92 Å². The smallest absolute Gasteiger partial charge is 0.328 e. The first-order valence-electron chi connectivity index (χ1n) is 8.14. The molecule has 0 aromatic heterocycles. The summed E-state index contributed by atoms with van der Waals surface area (Å²) in [5.74, 6) is 0.424. The number of thioether (sulfide) groups is 1. The van der Waals surface area contributed by atoms with E-state index in [0.29, 0.717) is 25.2 Å². The lowest BCUT2D eigenvalue weighted by molar-refractivity contribution is -0.147. The zero-order valence-corrected chi connectivity index (χ0v) is 16.3. The number of hydrogen-bond donors (Lipinski definition) is 2. The lowest BCUT2D eigenvalue weighted by Crippen LogP contribution is -2.45. The molecule has 0 fully saturated rings. The van der Waals surface area contributed by atoms with Crippen LogP contribution in [0.4, 0.5) is 0 Å². The number of carbonyl (C=O) groups excluding carboxylic acids is 2.